The zero-order chi connectivity index (χ0) is 19.4. The van der Waals surface area contributed by atoms with Gasteiger partial charge in [-0.25, -0.2) is 0 Å². The van der Waals surface area contributed by atoms with E-state index in [1.807, 2.05) is 0 Å². The largest absolute Gasteiger partial charge is 0.497 e. The van der Waals surface area contributed by atoms with Crippen molar-refractivity contribution >= 4 is 23.8 Å². The highest BCUT2D eigenvalue weighted by atomic mass is 16.5. The number of methoxy groups -OCH3 is 2. The summed E-state index contributed by atoms with van der Waals surface area (Å²) in [7, 11) is 2.80. The van der Waals surface area contributed by atoms with Gasteiger partial charge in [-0.15, -0.1) is 0 Å². The molecular formula is C17H22N2O7. The van der Waals surface area contributed by atoms with Gasteiger partial charge in [-0.2, -0.15) is 0 Å². The first-order chi connectivity index (χ1) is 12.5. The lowest BCUT2D eigenvalue weighted by molar-refractivity contribution is -0.147. The molecule has 26 heavy (non-hydrogen) atoms. The molecule has 0 saturated carbocycles. The average molecular weight is 366 g/mol. The second-order valence-electron chi connectivity index (χ2n) is 5.10. The smallest absolute Gasteiger partial charge is 0.325 e. The minimum absolute atomic E-state index is 0.188. The van der Waals surface area contributed by atoms with Crippen LogP contribution in [0, 0.1) is 0 Å². The summed E-state index contributed by atoms with van der Waals surface area (Å²) in [6.45, 7) is -0.560. The Morgan fingerprint density at radius 3 is 2.27 bits per heavy atom. The molecular weight excluding hydrogens is 344 g/mol. The first kappa shape index (κ1) is 20.9. The molecule has 9 heteroatoms. The predicted octanol–water partition coefficient (Wildman–Crippen LogP) is 0.0376. The molecule has 142 valence electrons. The molecule has 0 aliphatic heterocycles. The fourth-order valence-electron chi connectivity index (χ4n) is 1.81. The van der Waals surface area contributed by atoms with Crippen molar-refractivity contribution in [2.24, 2.45) is 0 Å². The molecule has 0 saturated heterocycles. The zero-order valence-corrected chi connectivity index (χ0v) is 14.7. The van der Waals surface area contributed by atoms with Gasteiger partial charge in [-0.05, 0) is 30.7 Å². The summed E-state index contributed by atoms with van der Waals surface area (Å²) in [5.74, 6) is -1.44. The van der Waals surface area contributed by atoms with Crippen molar-refractivity contribution in [2.75, 3.05) is 33.9 Å². The minimum Gasteiger partial charge on any atom is -0.497 e. The van der Waals surface area contributed by atoms with Gasteiger partial charge in [0, 0.05) is 18.5 Å². The van der Waals surface area contributed by atoms with Crippen molar-refractivity contribution in [1.82, 2.24) is 10.6 Å². The third-order valence-corrected chi connectivity index (χ3v) is 3.22. The number of esters is 2. The summed E-state index contributed by atoms with van der Waals surface area (Å²) < 4.78 is 14.2. The lowest BCUT2D eigenvalue weighted by Gasteiger charge is -2.08. The number of ether oxygens (including phenoxy) is 3. The Bertz CT molecular complexity index is 629. The lowest BCUT2D eigenvalue weighted by Crippen LogP contribution is -2.34. The third-order valence-electron chi connectivity index (χ3n) is 3.22. The molecule has 9 nitrogen and oxygen atoms in total. The number of amides is 2. The average Bonchev–Trinajstić information content (AvgIpc) is 2.67. The number of nitrogens with one attached hydrogen (secondary N) is 2. The van der Waals surface area contributed by atoms with Crippen molar-refractivity contribution in [1.29, 1.82) is 0 Å². The Labute approximate surface area is 151 Å². The van der Waals surface area contributed by atoms with E-state index in [2.05, 4.69) is 15.4 Å². The number of carbonyl (C=O) groups is 4. The fourth-order valence-corrected chi connectivity index (χ4v) is 1.81. The molecule has 0 aliphatic rings. The van der Waals surface area contributed by atoms with Crippen LogP contribution >= 0.6 is 0 Å². The normalized spacial score (nSPS) is 9.77. The molecule has 0 heterocycles. The van der Waals surface area contributed by atoms with Crippen molar-refractivity contribution in [3.63, 3.8) is 0 Å². The quantitative estimate of drug-likeness (QED) is 0.443. The van der Waals surface area contributed by atoms with Crippen molar-refractivity contribution in [2.45, 2.75) is 12.8 Å². The van der Waals surface area contributed by atoms with Crippen LogP contribution in [-0.2, 0) is 23.9 Å². The van der Waals surface area contributed by atoms with Crippen LogP contribution in [0.1, 0.15) is 23.2 Å². The van der Waals surface area contributed by atoms with Gasteiger partial charge in [0.1, 0.15) is 12.3 Å². The molecule has 0 atom stereocenters. The first-order valence-corrected chi connectivity index (χ1v) is 7.87. The van der Waals surface area contributed by atoms with E-state index < -0.39 is 24.4 Å². The fraction of sp³-hybridized carbons (Fsp3) is 0.412. The highest BCUT2D eigenvalue weighted by molar-refractivity contribution is 5.96. The summed E-state index contributed by atoms with van der Waals surface area (Å²) in [5, 5.41) is 4.89. The van der Waals surface area contributed by atoms with Crippen LogP contribution in [0.25, 0.3) is 0 Å². The Hall–Kier alpha value is -3.10. The number of carbonyl (C=O) groups excluding carboxylic acids is 4. The summed E-state index contributed by atoms with van der Waals surface area (Å²) >= 11 is 0. The Balaban J connectivity index is 2.20. The molecule has 1 aromatic carbocycles. The van der Waals surface area contributed by atoms with Gasteiger partial charge >= 0.3 is 11.9 Å². The van der Waals surface area contributed by atoms with E-state index in [1.54, 1.807) is 24.3 Å². The van der Waals surface area contributed by atoms with Gasteiger partial charge < -0.3 is 24.8 Å². The maximum atomic E-state index is 11.9. The Kier molecular flexibility index (Phi) is 9.23. The minimum atomic E-state index is -0.739. The molecule has 1 aromatic rings. The van der Waals surface area contributed by atoms with Crippen LogP contribution in [-0.4, -0.2) is 57.7 Å². The van der Waals surface area contributed by atoms with Crippen LogP contribution in [0.5, 0.6) is 5.75 Å². The zero-order valence-electron chi connectivity index (χ0n) is 14.7. The first-order valence-electron chi connectivity index (χ1n) is 7.87. The standard InChI is InChI=1S/C17H22N2O7/c1-24-13-7-5-12(6-8-13)17(23)19-10-16(22)26-11-14(20)18-9-3-4-15(21)25-2/h5-8H,3-4,9-11H2,1-2H3,(H,18,20)(H,19,23). The molecule has 0 spiro atoms. The van der Waals surface area contributed by atoms with Crippen LogP contribution in [0.4, 0.5) is 0 Å². The summed E-state index contributed by atoms with van der Waals surface area (Å²) in [5.41, 5.74) is 0.363. The molecule has 0 bridgehead atoms. The van der Waals surface area contributed by atoms with E-state index in [9.17, 15) is 19.2 Å². The molecule has 0 radical (unpaired) electrons. The lowest BCUT2D eigenvalue weighted by atomic mass is 10.2. The summed E-state index contributed by atoms with van der Waals surface area (Å²) in [4.78, 5) is 45.8. The monoisotopic (exact) mass is 366 g/mol. The Morgan fingerprint density at radius 1 is 0.962 bits per heavy atom. The molecule has 0 fully saturated rings. The molecule has 2 N–H and O–H groups in total. The van der Waals surface area contributed by atoms with Gasteiger partial charge in [0.2, 0.25) is 0 Å². The number of rotatable bonds is 10. The molecule has 1 rings (SSSR count). The van der Waals surface area contributed by atoms with Crippen LogP contribution in [0.3, 0.4) is 0 Å². The van der Waals surface area contributed by atoms with Gasteiger partial charge in [0.25, 0.3) is 11.8 Å². The van der Waals surface area contributed by atoms with Crippen molar-refractivity contribution in [3.05, 3.63) is 29.8 Å². The third kappa shape index (κ3) is 8.13. The SMILES string of the molecule is COC(=O)CCCNC(=O)COC(=O)CNC(=O)c1ccc(OC)cc1. The van der Waals surface area contributed by atoms with Crippen molar-refractivity contribution < 1.29 is 33.4 Å². The number of benzene rings is 1. The van der Waals surface area contributed by atoms with E-state index in [4.69, 9.17) is 9.47 Å². The van der Waals surface area contributed by atoms with Crippen LogP contribution in [0.2, 0.25) is 0 Å². The predicted molar refractivity (Wildman–Crippen MR) is 90.5 cm³/mol. The molecule has 2 amide bonds. The second-order valence-corrected chi connectivity index (χ2v) is 5.10. The van der Waals surface area contributed by atoms with E-state index in [-0.39, 0.29) is 25.5 Å². The highest BCUT2D eigenvalue weighted by Crippen LogP contribution is 2.10. The van der Waals surface area contributed by atoms with E-state index in [0.29, 0.717) is 17.7 Å². The van der Waals surface area contributed by atoms with E-state index in [1.165, 1.54) is 14.2 Å². The van der Waals surface area contributed by atoms with Gasteiger partial charge in [-0.3, -0.25) is 19.2 Å². The molecule has 0 aliphatic carbocycles. The number of hydrogen-bond donors (Lipinski definition) is 2. The van der Waals surface area contributed by atoms with E-state index in [0.717, 1.165) is 0 Å². The highest BCUT2D eigenvalue weighted by Gasteiger charge is 2.11. The van der Waals surface area contributed by atoms with Gasteiger partial charge in [0.05, 0.1) is 14.2 Å². The summed E-state index contributed by atoms with van der Waals surface area (Å²) in [6.07, 6.45) is 0.609. The van der Waals surface area contributed by atoms with Gasteiger partial charge in [0.15, 0.2) is 6.61 Å². The molecule has 0 unspecified atom stereocenters. The van der Waals surface area contributed by atoms with Crippen molar-refractivity contribution in [3.8, 4) is 5.75 Å². The topological polar surface area (TPSA) is 120 Å². The van der Waals surface area contributed by atoms with Gasteiger partial charge in [-0.1, -0.05) is 0 Å². The molecule has 0 aromatic heterocycles. The number of hydrogen-bond acceptors (Lipinski definition) is 7. The van der Waals surface area contributed by atoms with Crippen LogP contribution in [0.15, 0.2) is 24.3 Å². The maximum Gasteiger partial charge on any atom is 0.325 e. The Morgan fingerprint density at radius 2 is 1.65 bits per heavy atom. The maximum absolute atomic E-state index is 11.9. The second kappa shape index (κ2) is 11.5. The van der Waals surface area contributed by atoms with E-state index >= 15 is 0 Å². The van der Waals surface area contributed by atoms with Crippen LogP contribution < -0.4 is 15.4 Å². The summed E-state index contributed by atoms with van der Waals surface area (Å²) in [6, 6.07) is 6.36.